The zero-order valence-corrected chi connectivity index (χ0v) is 21.4. The van der Waals surface area contributed by atoms with Gasteiger partial charge in [-0.25, -0.2) is 14.6 Å². The maximum absolute atomic E-state index is 13.3. The van der Waals surface area contributed by atoms with E-state index in [4.69, 9.17) is 26.3 Å². The molecule has 0 radical (unpaired) electrons. The predicted octanol–water partition coefficient (Wildman–Crippen LogP) is 5.44. The zero-order valence-electron chi connectivity index (χ0n) is 20.7. The van der Waals surface area contributed by atoms with Crippen molar-refractivity contribution in [3.05, 3.63) is 75.3 Å². The number of rotatable bonds is 6. The molecule has 0 unspecified atom stereocenters. The molecule has 0 fully saturated rings. The SMILES string of the molecule is CCOC(=O)c1cc(Cn2c(C)c(-c3ccc(C#N)cc3)c(C(=O)OC(C)(C)C)c2C#N)cnc1Cl. The maximum Gasteiger partial charge on any atom is 0.342 e. The summed E-state index contributed by atoms with van der Waals surface area (Å²) in [6.07, 6.45) is 1.50. The number of halogens is 1. The number of nitrogens with zero attached hydrogens (tertiary/aromatic N) is 4. The smallest absolute Gasteiger partial charge is 0.342 e. The van der Waals surface area contributed by atoms with Crippen LogP contribution in [0.25, 0.3) is 11.1 Å². The van der Waals surface area contributed by atoms with Gasteiger partial charge in [0, 0.05) is 17.5 Å². The summed E-state index contributed by atoms with van der Waals surface area (Å²) < 4.78 is 12.4. The van der Waals surface area contributed by atoms with Crippen molar-refractivity contribution >= 4 is 23.5 Å². The van der Waals surface area contributed by atoms with Crippen LogP contribution in [0.5, 0.6) is 0 Å². The van der Waals surface area contributed by atoms with E-state index in [0.717, 1.165) is 0 Å². The lowest BCUT2D eigenvalue weighted by atomic mass is 9.99. The van der Waals surface area contributed by atoms with Crippen LogP contribution in [0.2, 0.25) is 5.15 Å². The Morgan fingerprint density at radius 2 is 1.78 bits per heavy atom. The molecule has 0 saturated carbocycles. The number of carbonyl (C=O) groups is 2. The summed E-state index contributed by atoms with van der Waals surface area (Å²) in [5.74, 6) is -1.24. The highest BCUT2D eigenvalue weighted by Gasteiger charge is 2.30. The number of esters is 2. The topological polar surface area (TPSA) is 118 Å². The minimum atomic E-state index is -0.781. The fourth-order valence-corrected chi connectivity index (χ4v) is 3.94. The van der Waals surface area contributed by atoms with E-state index in [2.05, 4.69) is 17.1 Å². The Morgan fingerprint density at radius 3 is 2.33 bits per heavy atom. The number of hydrogen-bond acceptors (Lipinski definition) is 7. The molecular formula is C27H25ClN4O4. The van der Waals surface area contributed by atoms with Gasteiger partial charge in [0.15, 0.2) is 0 Å². The summed E-state index contributed by atoms with van der Waals surface area (Å²) in [6.45, 7) is 9.04. The summed E-state index contributed by atoms with van der Waals surface area (Å²) >= 11 is 6.10. The molecule has 8 nitrogen and oxygen atoms in total. The van der Waals surface area contributed by atoms with Gasteiger partial charge in [-0.15, -0.1) is 0 Å². The zero-order chi connectivity index (χ0) is 26.6. The van der Waals surface area contributed by atoms with Crippen molar-refractivity contribution in [2.45, 2.75) is 46.8 Å². The van der Waals surface area contributed by atoms with Gasteiger partial charge in [0.2, 0.25) is 0 Å². The molecule has 0 saturated heterocycles. The van der Waals surface area contributed by atoms with Crippen LogP contribution in [-0.2, 0) is 16.0 Å². The second-order valence-corrected chi connectivity index (χ2v) is 9.33. The lowest BCUT2D eigenvalue weighted by Crippen LogP contribution is -2.24. The Bertz CT molecular complexity index is 1400. The number of carbonyl (C=O) groups excluding carboxylic acids is 2. The quantitative estimate of drug-likeness (QED) is 0.324. The molecule has 0 atom stereocenters. The summed E-state index contributed by atoms with van der Waals surface area (Å²) in [5.41, 5.74) is 2.42. The number of aromatic nitrogens is 2. The third-order valence-corrected chi connectivity index (χ3v) is 5.57. The second-order valence-electron chi connectivity index (χ2n) is 8.98. The highest BCUT2D eigenvalue weighted by Crippen LogP contribution is 2.35. The van der Waals surface area contributed by atoms with Crippen molar-refractivity contribution in [2.24, 2.45) is 0 Å². The number of benzene rings is 1. The highest BCUT2D eigenvalue weighted by molar-refractivity contribution is 6.32. The molecule has 184 valence electrons. The third-order valence-electron chi connectivity index (χ3n) is 5.27. The van der Waals surface area contributed by atoms with Gasteiger partial charge in [0.25, 0.3) is 0 Å². The number of ether oxygens (including phenoxy) is 2. The summed E-state index contributed by atoms with van der Waals surface area (Å²) in [5, 5.41) is 19.3. The first-order chi connectivity index (χ1) is 17.0. The minimum Gasteiger partial charge on any atom is -0.462 e. The number of hydrogen-bond donors (Lipinski definition) is 0. The van der Waals surface area contributed by atoms with Crippen LogP contribution >= 0.6 is 11.6 Å². The molecule has 1 aromatic carbocycles. The van der Waals surface area contributed by atoms with Crippen LogP contribution in [-0.4, -0.2) is 33.7 Å². The van der Waals surface area contributed by atoms with Crippen molar-refractivity contribution in [1.82, 2.24) is 9.55 Å². The Balaban J connectivity index is 2.20. The van der Waals surface area contributed by atoms with Gasteiger partial charge in [-0.3, -0.25) is 0 Å². The Hall–Kier alpha value is -4.14. The molecular weight excluding hydrogens is 480 g/mol. The molecule has 0 amide bonds. The van der Waals surface area contributed by atoms with Gasteiger partial charge in [-0.1, -0.05) is 23.7 Å². The van der Waals surface area contributed by atoms with E-state index < -0.39 is 17.5 Å². The maximum atomic E-state index is 13.3. The number of pyridine rings is 1. The summed E-state index contributed by atoms with van der Waals surface area (Å²) in [7, 11) is 0. The molecule has 0 aliphatic rings. The largest absolute Gasteiger partial charge is 0.462 e. The van der Waals surface area contributed by atoms with E-state index >= 15 is 0 Å². The molecule has 0 bridgehead atoms. The van der Waals surface area contributed by atoms with E-state index in [1.165, 1.54) is 6.20 Å². The molecule has 2 heterocycles. The fraction of sp³-hybridized carbons (Fsp3) is 0.296. The molecule has 0 aliphatic heterocycles. The molecule has 9 heteroatoms. The van der Waals surface area contributed by atoms with Gasteiger partial charge >= 0.3 is 11.9 Å². The Kier molecular flexibility index (Phi) is 7.82. The highest BCUT2D eigenvalue weighted by atomic mass is 35.5. The summed E-state index contributed by atoms with van der Waals surface area (Å²) in [6, 6.07) is 12.5. The van der Waals surface area contributed by atoms with E-state index in [-0.39, 0.29) is 35.1 Å². The van der Waals surface area contributed by atoms with Gasteiger partial charge in [0.05, 0.1) is 30.3 Å². The average Bonchev–Trinajstić information content (AvgIpc) is 3.10. The van der Waals surface area contributed by atoms with Crippen molar-refractivity contribution in [3.8, 4) is 23.3 Å². The first-order valence-electron chi connectivity index (χ1n) is 11.2. The molecule has 0 aliphatic carbocycles. The van der Waals surface area contributed by atoms with E-state index in [9.17, 15) is 14.9 Å². The van der Waals surface area contributed by atoms with Gasteiger partial charge in [0.1, 0.15) is 28.1 Å². The Morgan fingerprint density at radius 1 is 1.11 bits per heavy atom. The molecule has 3 rings (SSSR count). The number of nitriles is 2. The summed E-state index contributed by atoms with van der Waals surface area (Å²) in [4.78, 5) is 29.7. The van der Waals surface area contributed by atoms with E-state index in [1.807, 2.05) is 0 Å². The van der Waals surface area contributed by atoms with Crippen LogP contribution < -0.4 is 0 Å². The molecule has 36 heavy (non-hydrogen) atoms. The first kappa shape index (κ1) is 26.5. The van der Waals surface area contributed by atoms with Crippen LogP contribution in [0.15, 0.2) is 36.5 Å². The lowest BCUT2D eigenvalue weighted by Gasteiger charge is -2.20. The Labute approximate surface area is 214 Å². The van der Waals surface area contributed by atoms with Crippen LogP contribution in [0.4, 0.5) is 0 Å². The van der Waals surface area contributed by atoms with Gasteiger partial charge in [-0.05, 0) is 63.9 Å². The van der Waals surface area contributed by atoms with Gasteiger partial charge < -0.3 is 14.0 Å². The average molecular weight is 505 g/mol. The minimum absolute atomic E-state index is 0.00894. The van der Waals surface area contributed by atoms with Crippen molar-refractivity contribution < 1.29 is 19.1 Å². The van der Waals surface area contributed by atoms with Crippen molar-refractivity contribution in [1.29, 1.82) is 10.5 Å². The molecule has 0 spiro atoms. The molecule has 2 aromatic heterocycles. The van der Waals surface area contributed by atoms with E-state index in [0.29, 0.717) is 27.9 Å². The molecule has 0 N–H and O–H groups in total. The standard InChI is InChI=1S/C27H25ClN4O4/c1-6-35-25(33)20-11-18(14-31-24(20)28)15-32-16(2)22(19-9-7-17(12-29)8-10-19)23(21(32)13-30)26(34)36-27(3,4)5/h7-11,14H,6,15H2,1-5H3. The third kappa shape index (κ3) is 5.56. The lowest BCUT2D eigenvalue weighted by molar-refractivity contribution is 0.00697. The van der Waals surface area contributed by atoms with Crippen molar-refractivity contribution in [3.63, 3.8) is 0 Å². The molecule has 3 aromatic rings. The predicted molar refractivity (Wildman–Crippen MR) is 134 cm³/mol. The first-order valence-corrected chi connectivity index (χ1v) is 11.6. The van der Waals surface area contributed by atoms with E-state index in [1.54, 1.807) is 69.5 Å². The van der Waals surface area contributed by atoms with Crippen LogP contribution in [0, 0.1) is 29.6 Å². The second kappa shape index (κ2) is 10.6. The monoisotopic (exact) mass is 504 g/mol. The van der Waals surface area contributed by atoms with Gasteiger partial charge in [-0.2, -0.15) is 10.5 Å². The normalized spacial score (nSPS) is 10.9. The van der Waals surface area contributed by atoms with Crippen LogP contribution in [0.1, 0.15) is 70.9 Å². The fourth-order valence-electron chi connectivity index (χ4n) is 3.76. The van der Waals surface area contributed by atoms with Crippen LogP contribution in [0.3, 0.4) is 0 Å². The van der Waals surface area contributed by atoms with Crippen molar-refractivity contribution in [2.75, 3.05) is 6.61 Å².